The third kappa shape index (κ3) is 2.68. The average molecular weight is 185 g/mol. The van der Waals surface area contributed by atoms with Crippen molar-refractivity contribution < 1.29 is 4.74 Å². The first kappa shape index (κ1) is 11.0. The minimum absolute atomic E-state index is 0.358. The van der Waals surface area contributed by atoms with Crippen LogP contribution in [0, 0.1) is 11.3 Å². The van der Waals surface area contributed by atoms with Crippen LogP contribution in [0.5, 0.6) is 0 Å². The summed E-state index contributed by atoms with van der Waals surface area (Å²) in [4.78, 5) is 0. The summed E-state index contributed by atoms with van der Waals surface area (Å²) in [6.07, 6.45) is 1.61. The molecule has 1 rings (SSSR count). The molecule has 2 heteroatoms. The smallest absolute Gasteiger partial charge is 0.0729 e. The lowest BCUT2D eigenvalue weighted by Crippen LogP contribution is -2.50. The van der Waals surface area contributed by atoms with Gasteiger partial charge in [-0.15, -0.1) is 0 Å². The van der Waals surface area contributed by atoms with Gasteiger partial charge in [0.2, 0.25) is 0 Å². The highest BCUT2D eigenvalue weighted by Crippen LogP contribution is 2.35. The van der Waals surface area contributed by atoms with E-state index in [1.54, 1.807) is 0 Å². The minimum Gasteiger partial charge on any atom is -0.380 e. The summed E-state index contributed by atoms with van der Waals surface area (Å²) in [5.74, 6) is 0.675. The molecule has 1 aliphatic heterocycles. The van der Waals surface area contributed by atoms with Crippen LogP contribution >= 0.6 is 0 Å². The van der Waals surface area contributed by atoms with Crippen molar-refractivity contribution in [2.24, 2.45) is 11.3 Å². The first-order valence-corrected chi connectivity index (χ1v) is 5.21. The van der Waals surface area contributed by atoms with Crippen molar-refractivity contribution in [2.75, 3.05) is 13.7 Å². The first-order chi connectivity index (χ1) is 5.95. The van der Waals surface area contributed by atoms with Crippen LogP contribution in [-0.2, 0) is 4.74 Å². The molecule has 0 amide bonds. The van der Waals surface area contributed by atoms with Gasteiger partial charge < -0.3 is 10.1 Å². The molecular weight excluding hydrogens is 162 g/mol. The number of methoxy groups -OCH3 is 1. The van der Waals surface area contributed by atoms with Gasteiger partial charge in [-0.05, 0) is 24.7 Å². The van der Waals surface area contributed by atoms with E-state index in [9.17, 15) is 0 Å². The van der Waals surface area contributed by atoms with Gasteiger partial charge in [-0.1, -0.05) is 20.8 Å². The standard InChI is InChI=1S/C11H23NO/c1-8-6-9(11(2,3)4)10(13-5)7-12-8/h8-10,12H,6-7H2,1-5H3. The quantitative estimate of drug-likeness (QED) is 0.675. The van der Waals surface area contributed by atoms with Crippen LogP contribution in [0.1, 0.15) is 34.1 Å². The third-order valence-electron chi connectivity index (χ3n) is 3.14. The van der Waals surface area contributed by atoms with E-state index in [-0.39, 0.29) is 0 Å². The fraction of sp³-hybridized carbons (Fsp3) is 1.00. The van der Waals surface area contributed by atoms with Crippen molar-refractivity contribution >= 4 is 0 Å². The Kier molecular flexibility index (Phi) is 3.36. The lowest BCUT2D eigenvalue weighted by Gasteiger charge is -2.42. The zero-order valence-corrected chi connectivity index (χ0v) is 9.55. The Bertz CT molecular complexity index is 162. The van der Waals surface area contributed by atoms with Crippen molar-refractivity contribution in [1.82, 2.24) is 5.32 Å². The molecule has 3 atom stereocenters. The van der Waals surface area contributed by atoms with Crippen LogP contribution in [0.15, 0.2) is 0 Å². The number of rotatable bonds is 1. The SMILES string of the molecule is COC1CNC(C)CC1C(C)(C)C. The van der Waals surface area contributed by atoms with E-state index in [1.807, 2.05) is 7.11 Å². The number of hydrogen-bond acceptors (Lipinski definition) is 2. The number of piperidine rings is 1. The number of hydrogen-bond donors (Lipinski definition) is 1. The Morgan fingerprint density at radius 2 is 1.92 bits per heavy atom. The molecule has 0 bridgehead atoms. The molecule has 0 aromatic rings. The van der Waals surface area contributed by atoms with Gasteiger partial charge in [0.05, 0.1) is 6.10 Å². The number of ether oxygens (including phenoxy) is 1. The topological polar surface area (TPSA) is 21.3 Å². The van der Waals surface area contributed by atoms with Crippen molar-refractivity contribution in [3.05, 3.63) is 0 Å². The highest BCUT2D eigenvalue weighted by molar-refractivity contribution is 4.89. The predicted octanol–water partition coefficient (Wildman–Crippen LogP) is 2.05. The largest absolute Gasteiger partial charge is 0.380 e. The molecule has 13 heavy (non-hydrogen) atoms. The van der Waals surface area contributed by atoms with Crippen LogP contribution in [0.25, 0.3) is 0 Å². The molecule has 1 saturated heterocycles. The molecule has 1 N–H and O–H groups in total. The van der Waals surface area contributed by atoms with E-state index in [0.29, 0.717) is 23.5 Å². The lowest BCUT2D eigenvalue weighted by molar-refractivity contribution is -0.0217. The Labute approximate surface area is 82.0 Å². The van der Waals surface area contributed by atoms with Crippen LogP contribution in [0.4, 0.5) is 0 Å². The maximum absolute atomic E-state index is 5.52. The highest BCUT2D eigenvalue weighted by atomic mass is 16.5. The second kappa shape index (κ2) is 3.97. The molecule has 0 saturated carbocycles. The van der Waals surface area contributed by atoms with Gasteiger partial charge in [-0.3, -0.25) is 0 Å². The zero-order chi connectivity index (χ0) is 10.1. The molecule has 1 aliphatic rings. The Balaban J connectivity index is 2.65. The molecule has 0 spiro atoms. The summed E-state index contributed by atoms with van der Waals surface area (Å²) in [5, 5.41) is 3.46. The van der Waals surface area contributed by atoms with Gasteiger partial charge in [-0.2, -0.15) is 0 Å². The fourth-order valence-electron chi connectivity index (χ4n) is 2.23. The zero-order valence-electron chi connectivity index (χ0n) is 9.55. The van der Waals surface area contributed by atoms with Crippen LogP contribution in [0.2, 0.25) is 0 Å². The van der Waals surface area contributed by atoms with Gasteiger partial charge in [-0.25, -0.2) is 0 Å². The van der Waals surface area contributed by atoms with Gasteiger partial charge in [0, 0.05) is 19.7 Å². The minimum atomic E-state index is 0.358. The van der Waals surface area contributed by atoms with E-state index in [2.05, 4.69) is 33.0 Å². The van der Waals surface area contributed by atoms with Crippen molar-refractivity contribution in [1.29, 1.82) is 0 Å². The first-order valence-electron chi connectivity index (χ1n) is 5.21. The van der Waals surface area contributed by atoms with Crippen molar-refractivity contribution in [3.8, 4) is 0 Å². The maximum Gasteiger partial charge on any atom is 0.0729 e. The highest BCUT2D eigenvalue weighted by Gasteiger charge is 2.36. The molecule has 0 aromatic carbocycles. The van der Waals surface area contributed by atoms with E-state index in [0.717, 1.165) is 6.54 Å². The van der Waals surface area contributed by atoms with Gasteiger partial charge in [0.25, 0.3) is 0 Å². The Morgan fingerprint density at radius 3 is 2.38 bits per heavy atom. The molecule has 2 nitrogen and oxygen atoms in total. The molecule has 1 fully saturated rings. The molecule has 0 aliphatic carbocycles. The van der Waals surface area contributed by atoms with Crippen LogP contribution in [0.3, 0.4) is 0 Å². The third-order valence-corrected chi connectivity index (χ3v) is 3.14. The van der Waals surface area contributed by atoms with E-state index >= 15 is 0 Å². The second-order valence-electron chi connectivity index (χ2n) is 5.29. The molecule has 78 valence electrons. The molecule has 3 unspecified atom stereocenters. The Morgan fingerprint density at radius 1 is 1.31 bits per heavy atom. The van der Waals surface area contributed by atoms with Crippen LogP contribution < -0.4 is 5.32 Å². The molecule has 0 aromatic heterocycles. The van der Waals surface area contributed by atoms with Crippen molar-refractivity contribution in [2.45, 2.75) is 46.3 Å². The lowest BCUT2D eigenvalue weighted by atomic mass is 9.72. The molecule has 1 heterocycles. The normalized spacial score (nSPS) is 36.2. The van der Waals surface area contributed by atoms with E-state index in [4.69, 9.17) is 4.74 Å². The van der Waals surface area contributed by atoms with Crippen molar-refractivity contribution in [3.63, 3.8) is 0 Å². The maximum atomic E-state index is 5.52. The van der Waals surface area contributed by atoms with Gasteiger partial charge in [0.15, 0.2) is 0 Å². The van der Waals surface area contributed by atoms with Gasteiger partial charge >= 0.3 is 0 Å². The summed E-state index contributed by atoms with van der Waals surface area (Å²) in [6.45, 7) is 10.2. The van der Waals surface area contributed by atoms with E-state index < -0.39 is 0 Å². The van der Waals surface area contributed by atoms with Gasteiger partial charge in [0.1, 0.15) is 0 Å². The molecule has 0 radical (unpaired) electrons. The average Bonchev–Trinajstić information content (AvgIpc) is 2.03. The fourth-order valence-corrected chi connectivity index (χ4v) is 2.23. The summed E-state index contributed by atoms with van der Waals surface area (Å²) >= 11 is 0. The summed E-state index contributed by atoms with van der Waals surface area (Å²) in [6, 6.07) is 0.635. The van der Waals surface area contributed by atoms with Crippen LogP contribution in [-0.4, -0.2) is 25.8 Å². The number of nitrogens with one attached hydrogen (secondary N) is 1. The molecular formula is C11H23NO. The summed E-state index contributed by atoms with van der Waals surface area (Å²) in [7, 11) is 1.82. The summed E-state index contributed by atoms with van der Waals surface area (Å²) < 4.78 is 5.52. The van der Waals surface area contributed by atoms with E-state index in [1.165, 1.54) is 6.42 Å². The second-order valence-corrected chi connectivity index (χ2v) is 5.29. The Hall–Kier alpha value is -0.0800. The predicted molar refractivity (Wildman–Crippen MR) is 55.8 cm³/mol. The summed E-state index contributed by atoms with van der Waals surface area (Å²) in [5.41, 5.74) is 0.358. The monoisotopic (exact) mass is 185 g/mol.